The Morgan fingerprint density at radius 3 is 2.79 bits per heavy atom. The largest absolute Gasteiger partial charge is 0.491 e. The molecule has 0 unspecified atom stereocenters. The van der Waals surface area contributed by atoms with E-state index >= 15 is 0 Å². The van der Waals surface area contributed by atoms with Crippen LogP contribution in [0.2, 0.25) is 0 Å². The zero-order valence-electron chi connectivity index (χ0n) is 11.9. The molecule has 0 amide bonds. The highest BCUT2D eigenvalue weighted by Crippen LogP contribution is 2.24. The Bertz CT molecular complexity index is 362. The molecule has 0 heterocycles. The Kier molecular flexibility index (Phi) is 6.02. The summed E-state index contributed by atoms with van der Waals surface area (Å²) in [5.41, 5.74) is 1.15. The summed E-state index contributed by atoms with van der Waals surface area (Å²) in [4.78, 5) is 0. The molecule has 0 aromatic heterocycles. The minimum Gasteiger partial charge on any atom is -0.491 e. The normalized spacial score (nSPS) is 16.3. The molecule has 0 aliphatic heterocycles. The lowest BCUT2D eigenvalue weighted by Gasteiger charge is -2.22. The van der Waals surface area contributed by atoms with Gasteiger partial charge in [-0.25, -0.2) is 0 Å². The van der Waals surface area contributed by atoms with E-state index in [1.54, 1.807) is 7.11 Å². The van der Waals surface area contributed by atoms with E-state index in [-0.39, 0.29) is 0 Å². The molecule has 19 heavy (non-hydrogen) atoms. The van der Waals surface area contributed by atoms with E-state index in [1.165, 1.54) is 32.1 Å². The van der Waals surface area contributed by atoms with Crippen molar-refractivity contribution in [1.29, 1.82) is 0 Å². The van der Waals surface area contributed by atoms with Gasteiger partial charge in [0.2, 0.25) is 0 Å². The molecule has 0 saturated heterocycles. The lowest BCUT2D eigenvalue weighted by molar-refractivity contribution is 0.146. The Hall–Kier alpha value is -1.22. The molecule has 106 valence electrons. The molecule has 3 nitrogen and oxygen atoms in total. The first-order valence-corrected chi connectivity index (χ1v) is 7.34. The van der Waals surface area contributed by atoms with Gasteiger partial charge in [-0.15, -0.1) is 0 Å². The number of benzene rings is 1. The Labute approximate surface area is 116 Å². The third-order valence-corrected chi connectivity index (χ3v) is 3.71. The smallest absolute Gasteiger partial charge is 0.121 e. The van der Waals surface area contributed by atoms with Crippen molar-refractivity contribution < 1.29 is 9.47 Å². The predicted octanol–water partition coefficient (Wildman–Crippen LogP) is 3.70. The van der Waals surface area contributed by atoms with Crippen LogP contribution < -0.4 is 10.1 Å². The molecule has 1 fully saturated rings. The minimum atomic E-state index is 0.600. The zero-order chi connectivity index (χ0) is 13.3. The summed E-state index contributed by atoms with van der Waals surface area (Å²) in [6.45, 7) is 2.31. The molecule has 1 N–H and O–H groups in total. The quantitative estimate of drug-likeness (QED) is 0.761. The maximum atomic E-state index is 5.61. The Morgan fingerprint density at radius 2 is 2.00 bits per heavy atom. The molecule has 3 heteroatoms. The fraction of sp³-hybridized carbons (Fsp3) is 0.625. The SMILES string of the molecule is COCCOc1cccc(NCC2CCCCC2)c1. The fourth-order valence-electron chi connectivity index (χ4n) is 2.59. The molecule has 1 aliphatic carbocycles. The van der Waals surface area contributed by atoms with E-state index in [4.69, 9.17) is 9.47 Å². The topological polar surface area (TPSA) is 30.5 Å². The van der Waals surface area contributed by atoms with Crippen molar-refractivity contribution in [2.24, 2.45) is 5.92 Å². The molecule has 0 atom stereocenters. The molecule has 1 aliphatic rings. The monoisotopic (exact) mass is 263 g/mol. The van der Waals surface area contributed by atoms with Crippen molar-refractivity contribution in [2.45, 2.75) is 32.1 Å². The Morgan fingerprint density at radius 1 is 1.16 bits per heavy atom. The van der Waals surface area contributed by atoms with Gasteiger partial charge in [0.25, 0.3) is 0 Å². The second-order valence-corrected chi connectivity index (χ2v) is 5.25. The van der Waals surface area contributed by atoms with Gasteiger partial charge in [-0.1, -0.05) is 25.3 Å². The van der Waals surface area contributed by atoms with Crippen LogP contribution in [0, 0.1) is 5.92 Å². The van der Waals surface area contributed by atoms with Crippen molar-refractivity contribution in [3.05, 3.63) is 24.3 Å². The van der Waals surface area contributed by atoms with Crippen LogP contribution in [0.15, 0.2) is 24.3 Å². The lowest BCUT2D eigenvalue weighted by Crippen LogP contribution is -2.17. The summed E-state index contributed by atoms with van der Waals surface area (Å²) in [5.74, 6) is 1.75. The van der Waals surface area contributed by atoms with Crippen molar-refractivity contribution in [1.82, 2.24) is 0 Å². The molecule has 1 aromatic rings. The molecular weight excluding hydrogens is 238 g/mol. The maximum Gasteiger partial charge on any atom is 0.121 e. The third kappa shape index (κ3) is 5.11. The Balaban J connectivity index is 1.77. The van der Waals surface area contributed by atoms with Gasteiger partial charge in [0.05, 0.1) is 6.61 Å². The van der Waals surface area contributed by atoms with E-state index in [2.05, 4.69) is 17.4 Å². The van der Waals surface area contributed by atoms with E-state index < -0.39 is 0 Å². The second-order valence-electron chi connectivity index (χ2n) is 5.25. The van der Waals surface area contributed by atoms with Crippen LogP contribution in [0.4, 0.5) is 5.69 Å². The van der Waals surface area contributed by atoms with Crippen LogP contribution in [0.1, 0.15) is 32.1 Å². The number of hydrogen-bond acceptors (Lipinski definition) is 3. The molecular formula is C16H25NO2. The average Bonchev–Trinajstić information content (AvgIpc) is 2.47. The van der Waals surface area contributed by atoms with Crippen LogP contribution in [0.25, 0.3) is 0 Å². The maximum absolute atomic E-state index is 5.61. The van der Waals surface area contributed by atoms with Gasteiger partial charge in [-0.2, -0.15) is 0 Å². The summed E-state index contributed by atoms with van der Waals surface area (Å²) in [5, 5.41) is 3.53. The van der Waals surface area contributed by atoms with Crippen LogP contribution in [-0.2, 0) is 4.74 Å². The highest BCUT2D eigenvalue weighted by molar-refractivity contribution is 5.48. The number of rotatable bonds is 7. The summed E-state index contributed by atoms with van der Waals surface area (Å²) in [6, 6.07) is 8.19. The van der Waals surface area contributed by atoms with Crippen molar-refractivity contribution in [3.63, 3.8) is 0 Å². The van der Waals surface area contributed by atoms with Gasteiger partial charge >= 0.3 is 0 Å². The van der Waals surface area contributed by atoms with Gasteiger partial charge in [0, 0.05) is 25.4 Å². The number of anilines is 1. The van der Waals surface area contributed by atoms with Gasteiger partial charge in [-0.05, 0) is 30.9 Å². The van der Waals surface area contributed by atoms with Crippen molar-refractivity contribution in [2.75, 3.05) is 32.2 Å². The number of nitrogens with one attached hydrogen (secondary N) is 1. The minimum absolute atomic E-state index is 0.600. The van der Waals surface area contributed by atoms with E-state index in [0.29, 0.717) is 13.2 Å². The van der Waals surface area contributed by atoms with E-state index in [9.17, 15) is 0 Å². The molecule has 0 bridgehead atoms. The summed E-state index contributed by atoms with van der Waals surface area (Å²) >= 11 is 0. The summed E-state index contributed by atoms with van der Waals surface area (Å²) in [6.07, 6.45) is 6.95. The van der Waals surface area contributed by atoms with Gasteiger partial charge < -0.3 is 14.8 Å². The van der Waals surface area contributed by atoms with Gasteiger partial charge in [-0.3, -0.25) is 0 Å². The van der Waals surface area contributed by atoms with Crippen molar-refractivity contribution in [3.8, 4) is 5.75 Å². The van der Waals surface area contributed by atoms with E-state index in [1.807, 2.05) is 12.1 Å². The molecule has 1 aromatic carbocycles. The number of hydrogen-bond donors (Lipinski definition) is 1. The highest BCUT2D eigenvalue weighted by atomic mass is 16.5. The first-order valence-electron chi connectivity index (χ1n) is 7.34. The lowest BCUT2D eigenvalue weighted by atomic mass is 9.89. The van der Waals surface area contributed by atoms with Crippen molar-refractivity contribution >= 4 is 5.69 Å². The van der Waals surface area contributed by atoms with Gasteiger partial charge in [0.15, 0.2) is 0 Å². The molecule has 0 radical (unpaired) electrons. The summed E-state index contributed by atoms with van der Waals surface area (Å²) < 4.78 is 10.6. The molecule has 0 spiro atoms. The first-order chi connectivity index (χ1) is 9.38. The standard InChI is InChI=1S/C16H25NO2/c1-18-10-11-19-16-9-5-8-15(12-16)17-13-14-6-3-2-4-7-14/h5,8-9,12,14,17H,2-4,6-7,10-11,13H2,1H3. The third-order valence-electron chi connectivity index (χ3n) is 3.71. The first kappa shape index (κ1) is 14.2. The van der Waals surface area contributed by atoms with Crippen LogP contribution in [0.3, 0.4) is 0 Å². The summed E-state index contributed by atoms with van der Waals surface area (Å²) in [7, 11) is 1.69. The van der Waals surface area contributed by atoms with Crippen LogP contribution in [0.5, 0.6) is 5.75 Å². The van der Waals surface area contributed by atoms with Crippen LogP contribution >= 0.6 is 0 Å². The van der Waals surface area contributed by atoms with Crippen LogP contribution in [-0.4, -0.2) is 26.9 Å². The average molecular weight is 263 g/mol. The number of methoxy groups -OCH3 is 1. The predicted molar refractivity (Wildman–Crippen MR) is 78.9 cm³/mol. The van der Waals surface area contributed by atoms with Gasteiger partial charge in [0.1, 0.15) is 12.4 Å². The molecule has 1 saturated carbocycles. The second kappa shape index (κ2) is 8.05. The molecule has 2 rings (SSSR count). The zero-order valence-corrected chi connectivity index (χ0v) is 11.9. The fourth-order valence-corrected chi connectivity index (χ4v) is 2.59. The van der Waals surface area contributed by atoms with E-state index in [0.717, 1.165) is 23.9 Å². The highest BCUT2D eigenvalue weighted by Gasteiger charge is 2.12. The number of ether oxygens (including phenoxy) is 2.